The number of pyridine rings is 1. The molecular formula is C24H18ClF6N9O2. The van der Waals surface area contributed by atoms with Gasteiger partial charge in [0.05, 0.1) is 50.5 Å². The van der Waals surface area contributed by atoms with Gasteiger partial charge in [-0.05, 0) is 18.2 Å². The molecule has 220 valence electrons. The van der Waals surface area contributed by atoms with Gasteiger partial charge in [0.25, 0.3) is 0 Å². The smallest absolute Gasteiger partial charge is 0.436 e. The Morgan fingerprint density at radius 2 is 1.95 bits per heavy atom. The number of hydrogen-bond donors (Lipinski definition) is 0. The van der Waals surface area contributed by atoms with E-state index in [0.717, 1.165) is 35.1 Å². The highest BCUT2D eigenvalue weighted by Gasteiger charge is 2.35. The van der Waals surface area contributed by atoms with E-state index in [1.54, 1.807) is 7.05 Å². The number of aryl methyl sites for hydroxylation is 1. The minimum Gasteiger partial charge on any atom is -0.618 e. The van der Waals surface area contributed by atoms with Crippen LogP contribution in [-0.2, 0) is 18.0 Å². The number of hydrogen-bond acceptors (Lipinski definition) is 7. The van der Waals surface area contributed by atoms with Crippen LogP contribution in [0.1, 0.15) is 27.9 Å². The first-order chi connectivity index (χ1) is 21.0. The molecule has 1 aromatic carbocycles. The molecule has 0 unspecified atom stereocenters. The number of ether oxygens (including phenoxy) is 1. The lowest BCUT2D eigenvalue weighted by Gasteiger charge is -2.18. The van der Waals surface area contributed by atoms with E-state index in [1.165, 1.54) is 23.4 Å². The van der Waals surface area contributed by atoms with Crippen LogP contribution >= 0.6 is 11.6 Å². The molecule has 0 N–H and O–H groups in total. The molecule has 11 nitrogen and oxygen atoms in total. The second-order valence-corrected chi connectivity index (χ2v) is 8.86. The van der Waals surface area contributed by atoms with Crippen LogP contribution < -0.4 is 4.73 Å². The predicted molar refractivity (Wildman–Crippen MR) is 133 cm³/mol. The standard InChI is InChI=1S/C24H18ClF6N9O2/c1-37-22(32-12-34-37)14-8-33-38(9-14)16(6-7-42-23(27)28)17-4-2-13(10-40(17)41)20-18(5-3-15(25)21(20)26)39-11-19(35-36-39)24(29,30)31/h2-5,8-12,16,23H,6-7H2,1H3/t16-/m1/s1/i7D2,16D. The fourth-order valence-electron chi connectivity index (χ4n) is 3.98. The molecule has 0 radical (unpaired) electrons. The van der Waals surface area contributed by atoms with Crippen molar-refractivity contribution in [3.05, 3.63) is 82.8 Å². The van der Waals surface area contributed by atoms with E-state index in [-0.39, 0.29) is 27.4 Å². The fourth-order valence-corrected chi connectivity index (χ4v) is 4.13. The number of alkyl halides is 5. The Kier molecular flexibility index (Phi) is 6.85. The average Bonchev–Trinajstić information content (AvgIpc) is 3.69. The van der Waals surface area contributed by atoms with E-state index in [0.29, 0.717) is 10.9 Å². The lowest BCUT2D eigenvalue weighted by Crippen LogP contribution is -2.36. The Morgan fingerprint density at radius 3 is 2.60 bits per heavy atom. The van der Waals surface area contributed by atoms with Crippen LogP contribution in [0.2, 0.25) is 5.02 Å². The Labute approximate surface area is 241 Å². The lowest BCUT2D eigenvalue weighted by molar-refractivity contribution is -0.615. The molecule has 0 aliphatic carbocycles. The van der Waals surface area contributed by atoms with Gasteiger partial charge < -0.3 is 9.94 Å². The molecule has 0 aliphatic heterocycles. The zero-order chi connectivity index (χ0) is 32.9. The summed E-state index contributed by atoms with van der Waals surface area (Å²) in [5, 5.41) is 27.5. The van der Waals surface area contributed by atoms with Gasteiger partial charge in [0.2, 0.25) is 5.69 Å². The maximum absolute atomic E-state index is 15.4. The van der Waals surface area contributed by atoms with Crippen molar-refractivity contribution in [1.82, 2.24) is 39.5 Å². The van der Waals surface area contributed by atoms with E-state index < -0.39 is 59.6 Å². The molecule has 0 saturated carbocycles. The van der Waals surface area contributed by atoms with Crippen LogP contribution in [0.4, 0.5) is 26.3 Å². The van der Waals surface area contributed by atoms with Gasteiger partial charge in [-0.15, -0.1) is 5.10 Å². The topological polar surface area (TPSA) is 115 Å². The van der Waals surface area contributed by atoms with E-state index in [2.05, 4.69) is 30.2 Å². The van der Waals surface area contributed by atoms with Crippen molar-refractivity contribution in [2.24, 2.45) is 7.05 Å². The van der Waals surface area contributed by atoms with Crippen LogP contribution in [0.3, 0.4) is 0 Å². The third kappa shape index (κ3) is 5.78. The first-order valence-corrected chi connectivity index (χ1v) is 12.0. The molecular weight excluding hydrogens is 596 g/mol. The molecule has 42 heavy (non-hydrogen) atoms. The maximum atomic E-state index is 15.4. The van der Waals surface area contributed by atoms with E-state index >= 15 is 4.39 Å². The van der Waals surface area contributed by atoms with Gasteiger partial charge in [-0.25, -0.2) is 18.7 Å². The van der Waals surface area contributed by atoms with Gasteiger partial charge in [-0.2, -0.15) is 36.9 Å². The van der Waals surface area contributed by atoms with Crippen LogP contribution in [-0.4, -0.2) is 52.7 Å². The summed E-state index contributed by atoms with van der Waals surface area (Å²) in [4.78, 5) is 4.05. The summed E-state index contributed by atoms with van der Waals surface area (Å²) in [5.41, 5.74) is -2.68. The molecule has 0 saturated heterocycles. The molecule has 0 amide bonds. The van der Waals surface area contributed by atoms with Crippen LogP contribution in [0.15, 0.2) is 55.4 Å². The lowest BCUT2D eigenvalue weighted by atomic mass is 10.0. The Bertz CT molecular complexity index is 1870. The summed E-state index contributed by atoms with van der Waals surface area (Å²) in [6.45, 7) is -6.75. The highest BCUT2D eigenvalue weighted by Crippen LogP contribution is 2.35. The molecule has 0 bridgehead atoms. The molecule has 4 heterocycles. The van der Waals surface area contributed by atoms with Crippen molar-refractivity contribution < 1.29 is 39.9 Å². The van der Waals surface area contributed by atoms with Gasteiger partial charge in [0, 0.05) is 25.7 Å². The van der Waals surface area contributed by atoms with Crippen LogP contribution in [0, 0.1) is 11.0 Å². The van der Waals surface area contributed by atoms with Crippen LogP contribution in [0.25, 0.3) is 28.2 Å². The van der Waals surface area contributed by atoms with Crippen molar-refractivity contribution in [2.75, 3.05) is 6.56 Å². The highest BCUT2D eigenvalue weighted by molar-refractivity contribution is 6.31. The molecule has 5 aromatic rings. The predicted octanol–water partition coefficient (Wildman–Crippen LogP) is 4.59. The molecule has 0 fully saturated rings. The zero-order valence-electron chi connectivity index (χ0n) is 24.0. The minimum absolute atomic E-state index is 0.0388. The summed E-state index contributed by atoms with van der Waals surface area (Å²) in [6, 6.07) is 1.70. The SMILES string of the molecule is [2H]C([2H])(C[C@]([2H])(c1ccc(-c2c(-n3cc(C(F)(F)F)nn3)ccc(Cl)c2F)c[n+]1[O-])n1cc(-c2ncnn2C)cn1)OC(F)F. The number of benzene rings is 1. The van der Waals surface area contributed by atoms with E-state index in [1.807, 2.05) is 0 Å². The van der Waals surface area contributed by atoms with Crippen molar-refractivity contribution >= 4 is 11.6 Å². The second-order valence-electron chi connectivity index (χ2n) is 8.46. The first kappa shape index (κ1) is 25.2. The van der Waals surface area contributed by atoms with E-state index in [9.17, 15) is 28.5 Å². The molecule has 1 atom stereocenters. The highest BCUT2D eigenvalue weighted by atomic mass is 35.5. The largest absolute Gasteiger partial charge is 0.618 e. The van der Waals surface area contributed by atoms with Crippen molar-refractivity contribution in [1.29, 1.82) is 0 Å². The zero-order valence-corrected chi connectivity index (χ0v) is 21.7. The average molecular weight is 617 g/mol. The van der Waals surface area contributed by atoms with Crippen molar-refractivity contribution in [3.63, 3.8) is 0 Å². The normalized spacial score (nSPS) is 14.9. The summed E-state index contributed by atoms with van der Waals surface area (Å²) < 4.78 is 113. The minimum atomic E-state index is -4.86. The van der Waals surface area contributed by atoms with Crippen LogP contribution in [0.5, 0.6) is 0 Å². The number of rotatable bonds is 9. The fraction of sp³-hybridized carbons (Fsp3) is 0.250. The van der Waals surface area contributed by atoms with Gasteiger partial charge in [0.1, 0.15) is 12.3 Å². The van der Waals surface area contributed by atoms with Crippen molar-refractivity contribution in [3.8, 4) is 28.2 Å². The molecule has 18 heteroatoms. The van der Waals surface area contributed by atoms with Gasteiger partial charge >= 0.3 is 12.8 Å². The molecule has 0 spiro atoms. The Hall–Kier alpha value is -4.51. The quantitative estimate of drug-likeness (QED) is 0.135. The third-order valence-electron chi connectivity index (χ3n) is 5.84. The van der Waals surface area contributed by atoms with Gasteiger partial charge in [0.15, 0.2) is 23.5 Å². The second kappa shape index (κ2) is 11.4. The summed E-state index contributed by atoms with van der Waals surface area (Å²) in [5.74, 6) is -0.864. The summed E-state index contributed by atoms with van der Waals surface area (Å²) >= 11 is 5.94. The maximum Gasteiger partial charge on any atom is 0.436 e. The Morgan fingerprint density at radius 1 is 1.17 bits per heavy atom. The molecule has 5 rings (SSSR count). The monoisotopic (exact) mass is 616 g/mol. The number of nitrogens with zero attached hydrogens (tertiary/aromatic N) is 9. The number of aromatic nitrogens is 9. The molecule has 4 aromatic heterocycles. The molecule has 0 aliphatic rings. The van der Waals surface area contributed by atoms with Gasteiger partial charge in [-0.1, -0.05) is 16.8 Å². The van der Waals surface area contributed by atoms with Crippen molar-refractivity contribution in [2.45, 2.75) is 25.2 Å². The summed E-state index contributed by atoms with van der Waals surface area (Å²) in [6.07, 6.45) is -1.15. The number of halogens is 7. The third-order valence-corrected chi connectivity index (χ3v) is 6.14. The summed E-state index contributed by atoms with van der Waals surface area (Å²) in [7, 11) is 1.56. The Balaban J connectivity index is 1.64. The van der Waals surface area contributed by atoms with E-state index in [4.69, 9.17) is 14.3 Å². The first-order valence-electron chi connectivity index (χ1n) is 13.1. The van der Waals surface area contributed by atoms with Gasteiger partial charge in [-0.3, -0.25) is 4.68 Å².